The summed E-state index contributed by atoms with van der Waals surface area (Å²) in [5.41, 5.74) is 0.337. The largest absolute Gasteiger partial charge is 0.573 e. The molecule has 39 heavy (non-hydrogen) atoms. The van der Waals surface area contributed by atoms with Gasteiger partial charge in [0, 0.05) is 41.7 Å². The van der Waals surface area contributed by atoms with Crippen LogP contribution in [0.4, 0.5) is 26.7 Å². The summed E-state index contributed by atoms with van der Waals surface area (Å²) >= 11 is 5.71. The summed E-state index contributed by atoms with van der Waals surface area (Å²) in [6.45, 7) is 0.0749. The van der Waals surface area contributed by atoms with Crippen LogP contribution in [0.15, 0.2) is 42.6 Å². The number of benzene rings is 2. The molecule has 0 unspecified atom stereocenters. The molecule has 2 amide bonds. The zero-order valence-electron chi connectivity index (χ0n) is 20.2. The second kappa shape index (κ2) is 11.1. The Morgan fingerprint density at radius 1 is 1.18 bits per heavy atom. The predicted octanol–water partition coefficient (Wildman–Crippen LogP) is 5.36. The average molecular weight is 574 g/mol. The van der Waals surface area contributed by atoms with Crippen molar-refractivity contribution in [3.63, 3.8) is 0 Å². The number of hydrogen-bond donors (Lipinski definition) is 1. The van der Waals surface area contributed by atoms with Gasteiger partial charge in [-0.15, -0.1) is 13.2 Å². The number of nitrogens with one attached hydrogen (secondary N) is 1. The molecular formula is C25H21ClF5N3O5. The van der Waals surface area contributed by atoms with Gasteiger partial charge in [0.2, 0.25) is 5.91 Å². The molecule has 14 heteroatoms. The van der Waals surface area contributed by atoms with Crippen LogP contribution in [0.2, 0.25) is 5.02 Å². The number of halogens is 6. The van der Waals surface area contributed by atoms with Crippen LogP contribution in [0.3, 0.4) is 0 Å². The maximum absolute atomic E-state index is 14.3. The Morgan fingerprint density at radius 2 is 1.92 bits per heavy atom. The first-order valence-corrected chi connectivity index (χ1v) is 11.9. The number of likely N-dealkylation sites (tertiary alicyclic amines) is 1. The molecule has 0 radical (unpaired) electrons. The van der Waals surface area contributed by atoms with Gasteiger partial charge >= 0.3 is 12.5 Å². The topological polar surface area (TPSA) is 89.9 Å². The van der Waals surface area contributed by atoms with Crippen LogP contribution >= 0.6 is 11.6 Å². The lowest BCUT2D eigenvalue weighted by molar-refractivity contribution is -0.274. The lowest BCUT2D eigenvalue weighted by atomic mass is 10.1. The standard InChI is InChI=1S/C25H21ClF5N3O5/c1-13(35)18-11-33(20-8-16(5-6-17(18)20)39-25(29,30)31)12-21(36)34-10-15(27)7-22(34)38-24(37)32-9-14-3-2-4-19(26)23(14)28/h2-6,8,11,15,22H,7,9-10,12H2,1H3,(H,32,37)/t15-,22+/m1/s1. The highest BCUT2D eigenvalue weighted by Crippen LogP contribution is 2.30. The minimum absolute atomic E-state index is 0.0804. The van der Waals surface area contributed by atoms with E-state index in [2.05, 4.69) is 10.1 Å². The van der Waals surface area contributed by atoms with Crippen molar-refractivity contribution >= 4 is 40.3 Å². The van der Waals surface area contributed by atoms with Gasteiger partial charge in [-0.3, -0.25) is 9.59 Å². The Balaban J connectivity index is 1.49. The Bertz CT molecular complexity index is 1430. The van der Waals surface area contributed by atoms with Gasteiger partial charge in [-0.1, -0.05) is 23.7 Å². The Kier molecular flexibility index (Phi) is 8.00. The fraction of sp³-hybridized carbons (Fsp3) is 0.320. The van der Waals surface area contributed by atoms with E-state index in [1.54, 1.807) is 0 Å². The molecule has 3 aromatic rings. The zero-order valence-corrected chi connectivity index (χ0v) is 21.0. The van der Waals surface area contributed by atoms with Crippen molar-refractivity contribution in [3.05, 3.63) is 64.6 Å². The SMILES string of the molecule is CC(=O)c1cn(CC(=O)N2C[C@H](F)C[C@@H]2OC(=O)NCc2cccc(Cl)c2F)c2cc(OC(F)(F)F)ccc12. The fourth-order valence-corrected chi connectivity index (χ4v) is 4.45. The van der Waals surface area contributed by atoms with Gasteiger partial charge in [-0.05, 0) is 25.1 Å². The highest BCUT2D eigenvalue weighted by Gasteiger charge is 2.38. The van der Waals surface area contributed by atoms with Crippen molar-refractivity contribution in [3.8, 4) is 5.75 Å². The van der Waals surface area contributed by atoms with Gasteiger partial charge in [0.25, 0.3) is 0 Å². The monoisotopic (exact) mass is 573 g/mol. The first-order valence-electron chi connectivity index (χ1n) is 11.5. The number of carbonyl (C=O) groups excluding carboxylic acids is 3. The summed E-state index contributed by atoms with van der Waals surface area (Å²) in [6, 6.07) is 7.55. The number of Topliss-reactive ketones (excluding diaryl/α,β-unsaturated/α-hetero) is 1. The lowest BCUT2D eigenvalue weighted by Gasteiger charge is -2.24. The highest BCUT2D eigenvalue weighted by molar-refractivity contribution is 6.30. The van der Waals surface area contributed by atoms with E-state index in [0.29, 0.717) is 0 Å². The summed E-state index contributed by atoms with van der Waals surface area (Å²) in [5, 5.41) is 2.46. The number of ketones is 1. The van der Waals surface area contributed by atoms with Crippen molar-refractivity contribution in [1.82, 2.24) is 14.8 Å². The van der Waals surface area contributed by atoms with E-state index < -0.39 is 61.2 Å². The number of nitrogens with zero attached hydrogens (tertiary/aromatic N) is 2. The van der Waals surface area contributed by atoms with Crippen molar-refractivity contribution in [2.75, 3.05) is 6.54 Å². The molecule has 1 fully saturated rings. The molecule has 1 aromatic heterocycles. The van der Waals surface area contributed by atoms with Crippen molar-refractivity contribution in [2.45, 2.75) is 45.2 Å². The second-order valence-electron chi connectivity index (χ2n) is 8.76. The molecule has 1 N–H and O–H groups in total. The van der Waals surface area contributed by atoms with Crippen molar-refractivity contribution in [1.29, 1.82) is 0 Å². The van der Waals surface area contributed by atoms with Crippen LogP contribution < -0.4 is 10.1 Å². The molecule has 208 valence electrons. The normalized spacial score (nSPS) is 17.4. The smallest absolute Gasteiger partial charge is 0.425 e. The molecule has 1 aliphatic rings. The summed E-state index contributed by atoms with van der Waals surface area (Å²) in [7, 11) is 0. The molecular weight excluding hydrogens is 553 g/mol. The third-order valence-electron chi connectivity index (χ3n) is 5.99. The molecule has 1 saturated heterocycles. The van der Waals surface area contributed by atoms with E-state index in [1.807, 2.05) is 0 Å². The van der Waals surface area contributed by atoms with Gasteiger partial charge < -0.3 is 24.3 Å². The van der Waals surface area contributed by atoms with E-state index in [9.17, 15) is 36.3 Å². The number of aromatic nitrogens is 1. The molecule has 2 heterocycles. The minimum atomic E-state index is -4.96. The maximum atomic E-state index is 14.3. The van der Waals surface area contributed by atoms with Crippen LogP contribution in [0.25, 0.3) is 10.9 Å². The predicted molar refractivity (Wildman–Crippen MR) is 128 cm³/mol. The molecule has 0 spiro atoms. The molecule has 4 rings (SSSR count). The van der Waals surface area contributed by atoms with Crippen molar-refractivity contribution < 1.29 is 45.8 Å². The van der Waals surface area contributed by atoms with Crippen molar-refractivity contribution in [2.24, 2.45) is 0 Å². The number of amides is 2. The van der Waals surface area contributed by atoms with E-state index in [0.717, 1.165) is 17.0 Å². The fourth-order valence-electron chi connectivity index (χ4n) is 4.26. The number of alkyl halides is 4. The maximum Gasteiger partial charge on any atom is 0.573 e. The van der Waals surface area contributed by atoms with Crippen LogP contribution in [0.1, 0.15) is 29.3 Å². The Hall–Kier alpha value is -3.87. The molecule has 0 bridgehead atoms. The molecule has 2 aromatic carbocycles. The van der Waals surface area contributed by atoms with E-state index in [-0.39, 0.29) is 40.0 Å². The molecule has 8 nitrogen and oxygen atoms in total. The van der Waals surface area contributed by atoms with Gasteiger partial charge in [0.15, 0.2) is 12.0 Å². The first kappa shape index (κ1) is 28.1. The number of rotatable bonds is 7. The zero-order chi connectivity index (χ0) is 28.5. The second-order valence-corrected chi connectivity index (χ2v) is 9.17. The van der Waals surface area contributed by atoms with Gasteiger partial charge in [0.1, 0.15) is 24.3 Å². The number of hydrogen-bond acceptors (Lipinski definition) is 5. The molecule has 1 aliphatic heterocycles. The summed E-state index contributed by atoms with van der Waals surface area (Å²) in [4.78, 5) is 38.5. The van der Waals surface area contributed by atoms with Crippen LogP contribution in [0, 0.1) is 5.82 Å². The number of fused-ring (bicyclic) bond motifs is 1. The molecule has 0 aliphatic carbocycles. The summed E-state index contributed by atoms with van der Waals surface area (Å²) in [6.07, 6.45) is -7.83. The Morgan fingerprint density at radius 3 is 2.62 bits per heavy atom. The number of alkyl carbamates (subject to hydrolysis) is 1. The average Bonchev–Trinajstić information content (AvgIpc) is 3.39. The van der Waals surface area contributed by atoms with Crippen LogP contribution in [-0.4, -0.2) is 52.6 Å². The minimum Gasteiger partial charge on any atom is -0.425 e. The summed E-state index contributed by atoms with van der Waals surface area (Å²) < 4.78 is 76.8. The van der Waals surface area contributed by atoms with E-state index >= 15 is 0 Å². The van der Waals surface area contributed by atoms with Crippen LogP contribution in [0.5, 0.6) is 5.75 Å². The van der Waals surface area contributed by atoms with Gasteiger partial charge in [0.05, 0.1) is 17.1 Å². The molecule has 2 atom stereocenters. The third-order valence-corrected chi connectivity index (χ3v) is 6.28. The third kappa shape index (κ3) is 6.59. The van der Waals surface area contributed by atoms with Gasteiger partial charge in [-0.25, -0.2) is 13.6 Å². The summed E-state index contributed by atoms with van der Waals surface area (Å²) in [5.74, 6) is -2.40. The highest BCUT2D eigenvalue weighted by atomic mass is 35.5. The first-order chi connectivity index (χ1) is 18.3. The van der Waals surface area contributed by atoms with E-state index in [4.69, 9.17) is 16.3 Å². The quantitative estimate of drug-likeness (QED) is 0.304. The lowest BCUT2D eigenvalue weighted by Crippen LogP contribution is -2.42. The Labute approximate surface area is 223 Å². The van der Waals surface area contributed by atoms with Gasteiger partial charge in [-0.2, -0.15) is 0 Å². The molecule has 0 saturated carbocycles. The number of carbonyl (C=O) groups is 3. The van der Waals surface area contributed by atoms with E-state index in [1.165, 1.54) is 42.0 Å². The van der Waals surface area contributed by atoms with Crippen LogP contribution in [-0.2, 0) is 22.6 Å². The number of ether oxygens (including phenoxy) is 2.